The SMILES string of the molecule is Cc1ccc(F)cc1C(=O)Nc1cc(F)ccc1Br. The highest BCUT2D eigenvalue weighted by Gasteiger charge is 2.12. The molecular weight excluding hydrogens is 316 g/mol. The number of halogens is 3. The van der Waals surface area contributed by atoms with Gasteiger partial charge in [0.05, 0.1) is 5.69 Å². The van der Waals surface area contributed by atoms with E-state index in [-0.39, 0.29) is 5.56 Å². The molecule has 0 fully saturated rings. The van der Waals surface area contributed by atoms with Gasteiger partial charge in [0.25, 0.3) is 5.91 Å². The minimum absolute atomic E-state index is 0.219. The number of rotatable bonds is 2. The summed E-state index contributed by atoms with van der Waals surface area (Å²) in [7, 11) is 0. The first-order valence-corrected chi connectivity index (χ1v) is 6.29. The number of amides is 1. The minimum atomic E-state index is -0.492. The van der Waals surface area contributed by atoms with Gasteiger partial charge in [-0.25, -0.2) is 8.78 Å². The van der Waals surface area contributed by atoms with Crippen LogP contribution in [0.15, 0.2) is 40.9 Å². The van der Waals surface area contributed by atoms with Gasteiger partial charge in [-0.1, -0.05) is 6.07 Å². The summed E-state index contributed by atoms with van der Waals surface area (Å²) in [6.07, 6.45) is 0. The number of anilines is 1. The van der Waals surface area contributed by atoms with Crippen LogP contribution in [-0.2, 0) is 0 Å². The zero-order valence-corrected chi connectivity index (χ0v) is 11.6. The number of hydrogen-bond donors (Lipinski definition) is 1. The van der Waals surface area contributed by atoms with E-state index in [0.717, 1.165) is 6.07 Å². The Morgan fingerprint density at radius 1 is 1.11 bits per heavy atom. The summed E-state index contributed by atoms with van der Waals surface area (Å²) in [4.78, 5) is 12.0. The van der Waals surface area contributed by atoms with Gasteiger partial charge in [-0.2, -0.15) is 0 Å². The van der Waals surface area contributed by atoms with Crippen LogP contribution in [0.5, 0.6) is 0 Å². The van der Waals surface area contributed by atoms with E-state index in [1.807, 2.05) is 0 Å². The van der Waals surface area contributed by atoms with Crippen LogP contribution in [0.1, 0.15) is 15.9 Å². The fourth-order valence-electron chi connectivity index (χ4n) is 1.62. The molecule has 1 N–H and O–H groups in total. The molecular formula is C14H10BrF2NO. The van der Waals surface area contributed by atoms with E-state index in [4.69, 9.17) is 0 Å². The molecule has 0 atom stereocenters. The van der Waals surface area contributed by atoms with Gasteiger partial charge < -0.3 is 5.32 Å². The van der Waals surface area contributed by atoms with Gasteiger partial charge in [-0.05, 0) is 58.7 Å². The molecule has 2 aromatic rings. The van der Waals surface area contributed by atoms with Crippen LogP contribution in [0.4, 0.5) is 14.5 Å². The summed E-state index contributed by atoms with van der Waals surface area (Å²) in [5.74, 6) is -1.44. The Morgan fingerprint density at radius 3 is 2.47 bits per heavy atom. The van der Waals surface area contributed by atoms with Crippen LogP contribution in [0, 0.1) is 18.6 Å². The number of carbonyl (C=O) groups excluding carboxylic acids is 1. The van der Waals surface area contributed by atoms with Crippen molar-refractivity contribution in [1.82, 2.24) is 0 Å². The van der Waals surface area contributed by atoms with Crippen molar-refractivity contribution in [3.63, 3.8) is 0 Å². The Labute approximate surface area is 117 Å². The number of benzene rings is 2. The van der Waals surface area contributed by atoms with Gasteiger partial charge >= 0.3 is 0 Å². The summed E-state index contributed by atoms with van der Waals surface area (Å²) < 4.78 is 26.8. The quantitative estimate of drug-likeness (QED) is 0.876. The molecule has 0 aromatic heterocycles. The predicted molar refractivity (Wildman–Crippen MR) is 73.2 cm³/mol. The highest BCUT2D eigenvalue weighted by atomic mass is 79.9. The molecule has 0 aliphatic heterocycles. The Balaban J connectivity index is 2.30. The molecule has 0 unspecified atom stereocenters. The Bertz CT molecular complexity index is 643. The molecule has 0 bridgehead atoms. The van der Waals surface area contributed by atoms with E-state index in [2.05, 4.69) is 21.2 Å². The molecule has 98 valence electrons. The molecule has 1 amide bonds. The number of aryl methyl sites for hydroxylation is 1. The maximum absolute atomic E-state index is 13.1. The number of carbonyl (C=O) groups is 1. The highest BCUT2D eigenvalue weighted by Crippen LogP contribution is 2.24. The molecule has 0 aliphatic carbocycles. The van der Waals surface area contributed by atoms with Crippen molar-refractivity contribution < 1.29 is 13.6 Å². The van der Waals surface area contributed by atoms with Gasteiger partial charge in [-0.15, -0.1) is 0 Å². The van der Waals surface area contributed by atoms with Gasteiger partial charge in [0.15, 0.2) is 0 Å². The third-order valence-corrected chi connectivity index (χ3v) is 3.31. The van der Waals surface area contributed by atoms with Gasteiger partial charge in [0.1, 0.15) is 11.6 Å². The molecule has 2 nitrogen and oxygen atoms in total. The Hall–Kier alpha value is -1.75. The second-order valence-corrected chi connectivity index (χ2v) is 4.89. The van der Waals surface area contributed by atoms with E-state index in [1.165, 1.54) is 30.3 Å². The Morgan fingerprint density at radius 2 is 1.74 bits per heavy atom. The topological polar surface area (TPSA) is 29.1 Å². The second kappa shape index (κ2) is 5.48. The number of hydrogen-bond acceptors (Lipinski definition) is 1. The minimum Gasteiger partial charge on any atom is -0.321 e. The molecule has 0 saturated carbocycles. The van der Waals surface area contributed by atoms with Crippen LogP contribution >= 0.6 is 15.9 Å². The first-order chi connectivity index (χ1) is 8.97. The number of nitrogens with one attached hydrogen (secondary N) is 1. The molecule has 2 aromatic carbocycles. The lowest BCUT2D eigenvalue weighted by atomic mass is 10.1. The molecule has 5 heteroatoms. The van der Waals surface area contributed by atoms with E-state index in [1.54, 1.807) is 6.92 Å². The fourth-order valence-corrected chi connectivity index (χ4v) is 1.97. The lowest BCUT2D eigenvalue weighted by Crippen LogP contribution is -2.14. The fraction of sp³-hybridized carbons (Fsp3) is 0.0714. The molecule has 0 saturated heterocycles. The smallest absolute Gasteiger partial charge is 0.256 e. The first kappa shape index (κ1) is 13.7. The molecule has 19 heavy (non-hydrogen) atoms. The Kier molecular flexibility index (Phi) is 3.95. The zero-order chi connectivity index (χ0) is 14.0. The van der Waals surface area contributed by atoms with Crippen LogP contribution in [0.25, 0.3) is 0 Å². The monoisotopic (exact) mass is 325 g/mol. The molecule has 0 aliphatic rings. The van der Waals surface area contributed by atoms with E-state index in [0.29, 0.717) is 15.7 Å². The average Bonchev–Trinajstić information content (AvgIpc) is 2.36. The summed E-state index contributed by atoms with van der Waals surface area (Å²) in [6.45, 7) is 1.70. The van der Waals surface area contributed by atoms with Gasteiger partial charge in [0, 0.05) is 10.0 Å². The lowest BCUT2D eigenvalue weighted by molar-refractivity contribution is 0.102. The van der Waals surface area contributed by atoms with Crippen molar-refractivity contribution in [3.8, 4) is 0 Å². The van der Waals surface area contributed by atoms with Crippen molar-refractivity contribution in [2.45, 2.75) is 6.92 Å². The van der Waals surface area contributed by atoms with E-state index in [9.17, 15) is 13.6 Å². The largest absolute Gasteiger partial charge is 0.321 e. The van der Waals surface area contributed by atoms with Crippen molar-refractivity contribution in [2.75, 3.05) is 5.32 Å². The standard InChI is InChI=1S/C14H10BrF2NO/c1-8-2-3-9(16)6-11(8)14(19)18-13-7-10(17)4-5-12(13)15/h2-7H,1H3,(H,18,19). The highest BCUT2D eigenvalue weighted by molar-refractivity contribution is 9.10. The maximum Gasteiger partial charge on any atom is 0.256 e. The van der Waals surface area contributed by atoms with Gasteiger partial charge in [0.2, 0.25) is 0 Å². The first-order valence-electron chi connectivity index (χ1n) is 5.50. The summed E-state index contributed by atoms with van der Waals surface area (Å²) in [5, 5.41) is 2.54. The predicted octanol–water partition coefficient (Wildman–Crippen LogP) is 4.29. The van der Waals surface area contributed by atoms with Crippen molar-refractivity contribution in [3.05, 3.63) is 63.6 Å². The van der Waals surface area contributed by atoms with Crippen LogP contribution in [0.3, 0.4) is 0 Å². The summed E-state index contributed by atoms with van der Waals surface area (Å²) >= 11 is 3.21. The van der Waals surface area contributed by atoms with E-state index >= 15 is 0 Å². The van der Waals surface area contributed by atoms with Gasteiger partial charge in [-0.3, -0.25) is 4.79 Å². The molecule has 0 spiro atoms. The van der Waals surface area contributed by atoms with E-state index < -0.39 is 17.5 Å². The third kappa shape index (κ3) is 3.17. The lowest BCUT2D eigenvalue weighted by Gasteiger charge is -2.09. The summed E-state index contributed by atoms with van der Waals surface area (Å²) in [5.41, 5.74) is 1.16. The normalized spacial score (nSPS) is 10.3. The average molecular weight is 326 g/mol. The molecule has 0 heterocycles. The molecule has 0 radical (unpaired) electrons. The van der Waals surface area contributed by atoms with Crippen molar-refractivity contribution in [1.29, 1.82) is 0 Å². The van der Waals surface area contributed by atoms with Crippen LogP contribution in [-0.4, -0.2) is 5.91 Å². The molecule has 2 rings (SSSR count). The maximum atomic E-state index is 13.1. The van der Waals surface area contributed by atoms with Crippen LogP contribution in [0.2, 0.25) is 0 Å². The van der Waals surface area contributed by atoms with Crippen molar-refractivity contribution >= 4 is 27.5 Å². The zero-order valence-electron chi connectivity index (χ0n) is 10.0. The summed E-state index contributed by atoms with van der Waals surface area (Å²) in [6, 6.07) is 7.90. The van der Waals surface area contributed by atoms with Crippen LogP contribution < -0.4 is 5.32 Å². The van der Waals surface area contributed by atoms with Crippen molar-refractivity contribution in [2.24, 2.45) is 0 Å². The second-order valence-electron chi connectivity index (χ2n) is 4.04. The third-order valence-electron chi connectivity index (χ3n) is 2.62.